The Labute approximate surface area is 163 Å². The fraction of sp³-hybridized carbons (Fsp3) is 0.190. The molecule has 28 heavy (non-hydrogen) atoms. The number of esters is 1. The fourth-order valence-electron chi connectivity index (χ4n) is 2.71. The second-order valence-electron chi connectivity index (χ2n) is 6.21. The van der Waals surface area contributed by atoms with Crippen LogP contribution < -0.4 is 15.4 Å². The summed E-state index contributed by atoms with van der Waals surface area (Å²) >= 11 is 0. The minimum absolute atomic E-state index is 0.372. The Morgan fingerprint density at radius 3 is 2.21 bits per heavy atom. The fourth-order valence-corrected chi connectivity index (χ4v) is 2.71. The van der Waals surface area contributed by atoms with Gasteiger partial charge in [-0.2, -0.15) is 0 Å². The third-order valence-electron chi connectivity index (χ3n) is 4.03. The number of aromatic nitrogens is 2. The summed E-state index contributed by atoms with van der Waals surface area (Å²) in [4.78, 5) is 20.4. The molecule has 3 rings (SSSR count). The number of nitrogens with one attached hydrogen (secondary N) is 2. The Kier molecular flexibility index (Phi) is 5.74. The van der Waals surface area contributed by atoms with E-state index in [-0.39, 0.29) is 5.97 Å². The molecule has 3 aromatic rings. The molecule has 1 heterocycles. The van der Waals surface area contributed by atoms with Crippen molar-refractivity contribution in [1.82, 2.24) is 9.97 Å². The highest BCUT2D eigenvalue weighted by molar-refractivity contribution is 5.89. The average molecular weight is 378 g/mol. The lowest BCUT2D eigenvalue weighted by Gasteiger charge is -2.13. The molecule has 2 aromatic carbocycles. The topological polar surface area (TPSA) is 85.4 Å². The van der Waals surface area contributed by atoms with Crippen LogP contribution in [0.1, 0.15) is 21.7 Å². The molecular formula is C21H22N4O3. The van der Waals surface area contributed by atoms with E-state index in [2.05, 4.69) is 20.6 Å². The molecule has 0 saturated heterocycles. The zero-order valence-electron chi connectivity index (χ0n) is 16.2. The lowest BCUT2D eigenvalue weighted by atomic mass is 10.2. The first-order valence-electron chi connectivity index (χ1n) is 8.71. The molecule has 0 unspecified atom stereocenters. The lowest BCUT2D eigenvalue weighted by molar-refractivity contribution is 0.0601. The van der Waals surface area contributed by atoms with Crippen LogP contribution >= 0.6 is 0 Å². The van der Waals surface area contributed by atoms with Gasteiger partial charge in [-0.05, 0) is 55.8 Å². The SMILES string of the molecule is COC(=O)c1ccc(Nc2cc(Nc3cc(C)ccc3OC)nc(C)n2)cc1. The normalized spacial score (nSPS) is 10.3. The number of anilines is 4. The molecule has 0 aliphatic heterocycles. The Morgan fingerprint density at radius 1 is 0.893 bits per heavy atom. The molecule has 0 radical (unpaired) electrons. The molecule has 0 aliphatic rings. The van der Waals surface area contributed by atoms with Gasteiger partial charge in [-0.1, -0.05) is 6.07 Å². The first-order valence-corrected chi connectivity index (χ1v) is 8.71. The van der Waals surface area contributed by atoms with Crippen molar-refractivity contribution < 1.29 is 14.3 Å². The van der Waals surface area contributed by atoms with Gasteiger partial charge in [-0.25, -0.2) is 14.8 Å². The van der Waals surface area contributed by atoms with Crippen LogP contribution in [0, 0.1) is 13.8 Å². The largest absolute Gasteiger partial charge is 0.495 e. The quantitative estimate of drug-likeness (QED) is 0.616. The van der Waals surface area contributed by atoms with Crippen molar-refractivity contribution in [3.8, 4) is 5.75 Å². The van der Waals surface area contributed by atoms with Crippen molar-refractivity contribution in [2.24, 2.45) is 0 Å². The van der Waals surface area contributed by atoms with Crippen molar-refractivity contribution in [1.29, 1.82) is 0 Å². The van der Waals surface area contributed by atoms with E-state index in [1.54, 1.807) is 31.4 Å². The van der Waals surface area contributed by atoms with Crippen LogP contribution in [0.5, 0.6) is 5.75 Å². The molecule has 0 aliphatic carbocycles. The van der Waals surface area contributed by atoms with Gasteiger partial charge in [0.25, 0.3) is 0 Å². The van der Waals surface area contributed by atoms with Crippen LogP contribution in [-0.4, -0.2) is 30.2 Å². The average Bonchev–Trinajstić information content (AvgIpc) is 2.68. The molecule has 0 atom stereocenters. The number of aryl methyl sites for hydroxylation is 2. The van der Waals surface area contributed by atoms with E-state index in [9.17, 15) is 4.79 Å². The van der Waals surface area contributed by atoms with Crippen molar-refractivity contribution in [2.75, 3.05) is 24.9 Å². The minimum atomic E-state index is -0.372. The van der Waals surface area contributed by atoms with E-state index in [0.717, 1.165) is 22.7 Å². The number of nitrogens with zero attached hydrogens (tertiary/aromatic N) is 2. The predicted molar refractivity (Wildman–Crippen MR) is 109 cm³/mol. The highest BCUT2D eigenvalue weighted by Crippen LogP contribution is 2.29. The maximum absolute atomic E-state index is 11.5. The van der Waals surface area contributed by atoms with Gasteiger partial charge in [0.1, 0.15) is 23.2 Å². The number of carbonyl (C=O) groups excluding carboxylic acids is 1. The van der Waals surface area contributed by atoms with E-state index in [0.29, 0.717) is 23.0 Å². The van der Waals surface area contributed by atoms with E-state index < -0.39 is 0 Å². The molecule has 0 spiro atoms. The molecule has 0 fully saturated rings. The second-order valence-corrected chi connectivity index (χ2v) is 6.21. The Hall–Kier alpha value is -3.61. The van der Waals surface area contributed by atoms with Gasteiger partial charge in [-0.15, -0.1) is 0 Å². The van der Waals surface area contributed by atoms with Gasteiger partial charge in [0.05, 0.1) is 25.5 Å². The molecule has 2 N–H and O–H groups in total. The third kappa shape index (κ3) is 4.56. The molecule has 0 saturated carbocycles. The number of ether oxygens (including phenoxy) is 2. The molecular weight excluding hydrogens is 356 g/mol. The molecule has 0 amide bonds. The maximum atomic E-state index is 11.5. The summed E-state index contributed by atoms with van der Waals surface area (Å²) in [6.07, 6.45) is 0. The Morgan fingerprint density at radius 2 is 1.57 bits per heavy atom. The third-order valence-corrected chi connectivity index (χ3v) is 4.03. The lowest BCUT2D eigenvalue weighted by Crippen LogP contribution is -2.03. The molecule has 7 nitrogen and oxygen atoms in total. The van der Waals surface area contributed by atoms with Crippen molar-refractivity contribution in [3.05, 3.63) is 65.5 Å². The summed E-state index contributed by atoms with van der Waals surface area (Å²) in [5.74, 6) is 2.25. The number of hydrogen-bond donors (Lipinski definition) is 2. The summed E-state index contributed by atoms with van der Waals surface area (Å²) in [6.45, 7) is 3.84. The highest BCUT2D eigenvalue weighted by atomic mass is 16.5. The van der Waals surface area contributed by atoms with Crippen LogP contribution in [0.3, 0.4) is 0 Å². The van der Waals surface area contributed by atoms with Crippen LogP contribution in [-0.2, 0) is 4.74 Å². The number of rotatable bonds is 6. The van der Waals surface area contributed by atoms with Gasteiger partial charge in [0, 0.05) is 11.8 Å². The number of methoxy groups -OCH3 is 2. The standard InChI is InChI=1S/C21H22N4O3/c1-13-5-10-18(27-3)17(11-13)25-20-12-19(22-14(2)23-20)24-16-8-6-15(7-9-16)21(26)28-4/h5-12H,1-4H3,(H2,22,23,24,25). The predicted octanol–water partition coefficient (Wildman–Crippen LogP) is 4.38. The highest BCUT2D eigenvalue weighted by Gasteiger charge is 2.08. The molecule has 1 aromatic heterocycles. The van der Waals surface area contributed by atoms with Crippen LogP contribution in [0.2, 0.25) is 0 Å². The molecule has 7 heteroatoms. The van der Waals surface area contributed by atoms with Gasteiger partial charge in [-0.3, -0.25) is 0 Å². The van der Waals surface area contributed by atoms with Crippen molar-refractivity contribution in [2.45, 2.75) is 13.8 Å². The van der Waals surface area contributed by atoms with Gasteiger partial charge >= 0.3 is 5.97 Å². The zero-order valence-corrected chi connectivity index (χ0v) is 16.2. The summed E-state index contributed by atoms with van der Waals surface area (Å²) < 4.78 is 10.1. The zero-order chi connectivity index (χ0) is 20.1. The second kappa shape index (κ2) is 8.39. The summed E-state index contributed by atoms with van der Waals surface area (Å²) in [6, 6.07) is 14.7. The van der Waals surface area contributed by atoms with Crippen LogP contribution in [0.25, 0.3) is 0 Å². The van der Waals surface area contributed by atoms with E-state index in [1.807, 2.05) is 38.1 Å². The van der Waals surface area contributed by atoms with Crippen LogP contribution in [0.4, 0.5) is 23.0 Å². The smallest absolute Gasteiger partial charge is 0.337 e. The number of carbonyl (C=O) groups is 1. The van der Waals surface area contributed by atoms with Crippen LogP contribution in [0.15, 0.2) is 48.5 Å². The Balaban J connectivity index is 1.82. The summed E-state index contributed by atoms with van der Waals surface area (Å²) in [5, 5.41) is 6.51. The van der Waals surface area contributed by atoms with Crippen molar-refractivity contribution >= 4 is 29.0 Å². The summed E-state index contributed by atoms with van der Waals surface area (Å²) in [5.41, 5.74) is 3.22. The van der Waals surface area contributed by atoms with Gasteiger partial charge in [0.15, 0.2) is 0 Å². The van der Waals surface area contributed by atoms with Gasteiger partial charge < -0.3 is 20.1 Å². The summed E-state index contributed by atoms with van der Waals surface area (Å²) in [7, 11) is 2.99. The van der Waals surface area contributed by atoms with E-state index >= 15 is 0 Å². The first-order chi connectivity index (χ1) is 13.5. The van der Waals surface area contributed by atoms with E-state index in [4.69, 9.17) is 9.47 Å². The van der Waals surface area contributed by atoms with E-state index in [1.165, 1.54) is 7.11 Å². The Bertz CT molecular complexity index is 987. The van der Waals surface area contributed by atoms with Gasteiger partial charge in [0.2, 0.25) is 0 Å². The molecule has 144 valence electrons. The monoisotopic (exact) mass is 378 g/mol. The first kappa shape index (κ1) is 19.2. The minimum Gasteiger partial charge on any atom is -0.495 e. The molecule has 0 bridgehead atoms. The maximum Gasteiger partial charge on any atom is 0.337 e. The number of hydrogen-bond acceptors (Lipinski definition) is 7. The van der Waals surface area contributed by atoms with Crippen molar-refractivity contribution in [3.63, 3.8) is 0 Å². The number of benzene rings is 2.